The zero-order chi connectivity index (χ0) is 8.11. The molecular formula is C9H17NO. The minimum atomic E-state index is 0.0276. The van der Waals surface area contributed by atoms with Gasteiger partial charge in [0.15, 0.2) is 0 Å². The van der Waals surface area contributed by atoms with Crippen LogP contribution in [0.15, 0.2) is 0 Å². The van der Waals surface area contributed by atoms with Crippen LogP contribution in [0.5, 0.6) is 0 Å². The third kappa shape index (κ3) is 1.00. The van der Waals surface area contributed by atoms with Crippen LogP contribution in [-0.4, -0.2) is 17.8 Å². The lowest BCUT2D eigenvalue weighted by atomic mass is 9.35. The Hall–Kier alpha value is -0.0800. The molecule has 0 amide bonds. The van der Waals surface area contributed by atoms with Gasteiger partial charge < -0.3 is 10.8 Å². The van der Waals surface area contributed by atoms with E-state index in [2.05, 4.69) is 6.92 Å². The highest BCUT2D eigenvalue weighted by Crippen LogP contribution is 2.74. The molecule has 0 heterocycles. The van der Waals surface area contributed by atoms with E-state index in [-0.39, 0.29) is 12.6 Å². The van der Waals surface area contributed by atoms with Crippen LogP contribution in [0.2, 0.25) is 0 Å². The number of hydrogen-bond acceptors (Lipinski definition) is 2. The van der Waals surface area contributed by atoms with E-state index in [1.807, 2.05) is 0 Å². The van der Waals surface area contributed by atoms with Crippen molar-refractivity contribution in [3.63, 3.8) is 0 Å². The fourth-order valence-corrected chi connectivity index (χ4v) is 3.40. The van der Waals surface area contributed by atoms with Crippen LogP contribution in [0.25, 0.3) is 0 Å². The molecule has 3 N–H and O–H groups in total. The van der Waals surface area contributed by atoms with Gasteiger partial charge in [0.05, 0.1) is 6.61 Å². The molecule has 2 nitrogen and oxygen atoms in total. The summed E-state index contributed by atoms with van der Waals surface area (Å²) in [6.45, 7) is 2.50. The van der Waals surface area contributed by atoms with Crippen molar-refractivity contribution in [2.24, 2.45) is 16.6 Å². The lowest BCUT2D eigenvalue weighted by molar-refractivity contribution is -0.198. The highest BCUT2D eigenvalue weighted by molar-refractivity contribution is 5.15. The van der Waals surface area contributed by atoms with E-state index in [1.165, 1.54) is 19.3 Å². The Morgan fingerprint density at radius 1 is 1.45 bits per heavy atom. The second-order valence-electron chi connectivity index (χ2n) is 4.99. The zero-order valence-electron chi connectivity index (χ0n) is 7.14. The molecule has 3 fully saturated rings. The van der Waals surface area contributed by atoms with Gasteiger partial charge in [0, 0.05) is 6.04 Å². The second kappa shape index (κ2) is 1.99. The average molecular weight is 155 g/mol. The quantitative estimate of drug-likeness (QED) is 0.635. The van der Waals surface area contributed by atoms with Crippen LogP contribution in [0.1, 0.15) is 32.6 Å². The summed E-state index contributed by atoms with van der Waals surface area (Å²) in [5.74, 6) is 0. The second-order valence-corrected chi connectivity index (χ2v) is 4.99. The van der Waals surface area contributed by atoms with E-state index in [0.717, 1.165) is 6.42 Å². The van der Waals surface area contributed by atoms with Gasteiger partial charge in [-0.25, -0.2) is 0 Å². The van der Waals surface area contributed by atoms with Crippen LogP contribution in [0.3, 0.4) is 0 Å². The first kappa shape index (κ1) is 7.56. The van der Waals surface area contributed by atoms with Crippen molar-refractivity contribution >= 4 is 0 Å². The minimum absolute atomic E-state index is 0.0276. The van der Waals surface area contributed by atoms with Gasteiger partial charge in [0.25, 0.3) is 0 Å². The van der Waals surface area contributed by atoms with Gasteiger partial charge in [-0.3, -0.25) is 0 Å². The minimum Gasteiger partial charge on any atom is -0.395 e. The maximum absolute atomic E-state index is 8.77. The lowest BCUT2D eigenvalue weighted by Gasteiger charge is -2.70. The zero-order valence-corrected chi connectivity index (χ0v) is 7.14. The van der Waals surface area contributed by atoms with Crippen molar-refractivity contribution in [2.75, 3.05) is 6.61 Å². The Kier molecular flexibility index (Phi) is 1.37. The highest BCUT2D eigenvalue weighted by Gasteiger charge is 2.64. The molecule has 2 heteroatoms. The first-order valence-corrected chi connectivity index (χ1v) is 4.44. The molecule has 0 aliphatic heterocycles. The Bertz CT molecular complexity index is 159. The molecule has 0 spiro atoms. The van der Waals surface area contributed by atoms with Gasteiger partial charge in [-0.1, -0.05) is 6.92 Å². The predicted molar refractivity (Wildman–Crippen MR) is 44.1 cm³/mol. The first-order chi connectivity index (χ1) is 5.08. The molecule has 3 rings (SSSR count). The van der Waals surface area contributed by atoms with E-state index < -0.39 is 0 Å². The van der Waals surface area contributed by atoms with Crippen LogP contribution in [-0.2, 0) is 0 Å². The topological polar surface area (TPSA) is 46.2 Å². The van der Waals surface area contributed by atoms with E-state index in [4.69, 9.17) is 10.8 Å². The molecule has 3 aliphatic carbocycles. The molecular weight excluding hydrogens is 138 g/mol. The van der Waals surface area contributed by atoms with Crippen molar-refractivity contribution in [2.45, 2.75) is 38.6 Å². The van der Waals surface area contributed by atoms with Crippen LogP contribution in [0, 0.1) is 10.8 Å². The standard InChI is InChI=1S/C9H17NO/c1-8-4-9(5-8,6-8)2-7(10)3-11/h7,11H,2-6,10H2,1H3. The van der Waals surface area contributed by atoms with Crippen molar-refractivity contribution in [3.8, 4) is 0 Å². The van der Waals surface area contributed by atoms with Crippen LogP contribution >= 0.6 is 0 Å². The lowest BCUT2D eigenvalue weighted by Crippen LogP contribution is -2.61. The van der Waals surface area contributed by atoms with Gasteiger partial charge in [-0.15, -0.1) is 0 Å². The molecule has 0 aromatic carbocycles. The third-order valence-corrected chi connectivity index (χ3v) is 3.34. The Labute approximate surface area is 67.8 Å². The molecule has 3 aliphatic rings. The summed E-state index contributed by atoms with van der Waals surface area (Å²) in [7, 11) is 0. The van der Waals surface area contributed by atoms with Gasteiger partial charge >= 0.3 is 0 Å². The monoisotopic (exact) mass is 155 g/mol. The molecule has 0 radical (unpaired) electrons. The summed E-state index contributed by atoms with van der Waals surface area (Å²) in [6, 6.07) is 0.0276. The molecule has 3 saturated carbocycles. The normalized spacial score (nSPS) is 49.4. The summed E-state index contributed by atoms with van der Waals surface area (Å²) in [5.41, 5.74) is 6.93. The van der Waals surface area contributed by atoms with Crippen molar-refractivity contribution in [3.05, 3.63) is 0 Å². The van der Waals surface area contributed by atoms with Crippen LogP contribution in [0.4, 0.5) is 0 Å². The molecule has 11 heavy (non-hydrogen) atoms. The van der Waals surface area contributed by atoms with E-state index in [0.29, 0.717) is 10.8 Å². The van der Waals surface area contributed by atoms with Gasteiger partial charge in [0.2, 0.25) is 0 Å². The Balaban J connectivity index is 1.82. The molecule has 1 atom stereocenters. The predicted octanol–water partition coefficient (Wildman–Crippen LogP) is 0.886. The van der Waals surface area contributed by atoms with Crippen molar-refractivity contribution in [1.82, 2.24) is 0 Å². The Morgan fingerprint density at radius 3 is 2.36 bits per heavy atom. The molecule has 0 aromatic rings. The van der Waals surface area contributed by atoms with E-state index in [1.54, 1.807) is 0 Å². The number of hydrogen-bond donors (Lipinski definition) is 2. The summed E-state index contributed by atoms with van der Waals surface area (Å²) in [5, 5.41) is 8.77. The SMILES string of the molecule is CC12CC(CC(N)CO)(C1)C2. The molecule has 2 bridgehead atoms. The van der Waals surface area contributed by atoms with Gasteiger partial charge in [0.1, 0.15) is 0 Å². The largest absolute Gasteiger partial charge is 0.395 e. The number of nitrogens with two attached hydrogens (primary N) is 1. The van der Waals surface area contributed by atoms with Crippen LogP contribution < -0.4 is 5.73 Å². The summed E-state index contributed by atoms with van der Waals surface area (Å²) >= 11 is 0. The maximum atomic E-state index is 8.77. The molecule has 0 aromatic heterocycles. The molecule has 64 valence electrons. The Morgan fingerprint density at radius 2 is 2.00 bits per heavy atom. The highest BCUT2D eigenvalue weighted by atomic mass is 16.3. The van der Waals surface area contributed by atoms with Gasteiger partial charge in [-0.2, -0.15) is 0 Å². The molecule has 0 saturated heterocycles. The fraction of sp³-hybridized carbons (Fsp3) is 1.00. The van der Waals surface area contributed by atoms with Crippen molar-refractivity contribution < 1.29 is 5.11 Å². The van der Waals surface area contributed by atoms with E-state index in [9.17, 15) is 0 Å². The smallest absolute Gasteiger partial charge is 0.0582 e. The third-order valence-electron chi connectivity index (χ3n) is 3.34. The number of rotatable bonds is 3. The van der Waals surface area contributed by atoms with Gasteiger partial charge in [-0.05, 0) is 36.5 Å². The van der Waals surface area contributed by atoms with E-state index >= 15 is 0 Å². The summed E-state index contributed by atoms with van der Waals surface area (Å²) < 4.78 is 0. The number of aliphatic hydroxyl groups is 1. The maximum Gasteiger partial charge on any atom is 0.0582 e. The van der Waals surface area contributed by atoms with Crippen molar-refractivity contribution in [1.29, 1.82) is 0 Å². The molecule has 1 unspecified atom stereocenters. The average Bonchev–Trinajstić information content (AvgIpc) is 1.82. The first-order valence-electron chi connectivity index (χ1n) is 4.44. The fourth-order valence-electron chi connectivity index (χ4n) is 3.40. The summed E-state index contributed by atoms with van der Waals surface area (Å²) in [4.78, 5) is 0. The number of aliphatic hydroxyl groups excluding tert-OH is 1. The summed E-state index contributed by atoms with van der Waals surface area (Å²) in [6.07, 6.45) is 5.11.